The Morgan fingerprint density at radius 2 is 1.95 bits per heavy atom. The van der Waals surface area contributed by atoms with Gasteiger partial charge in [0.15, 0.2) is 0 Å². The molecule has 1 saturated heterocycles. The Hall–Kier alpha value is -0.870. The standard InChI is InChI=1S/C18H32O4/c1-2-3-4-9-12-21-14-17-15-22-13-16(17)10-7-5-6-8-11-18(19)20/h3-4,16-17H,2,5-15H2,1H3,(H,19,20). The Labute approximate surface area is 134 Å². The lowest BCUT2D eigenvalue weighted by Gasteiger charge is -2.17. The third-order valence-corrected chi connectivity index (χ3v) is 4.21. The molecule has 0 radical (unpaired) electrons. The number of carboxylic acids is 1. The van der Waals surface area contributed by atoms with E-state index < -0.39 is 5.97 Å². The van der Waals surface area contributed by atoms with Crippen molar-refractivity contribution in [2.24, 2.45) is 11.8 Å². The molecular weight excluding hydrogens is 280 g/mol. The molecular formula is C18H32O4. The predicted octanol–water partition coefficient (Wildman–Crippen LogP) is 4.05. The van der Waals surface area contributed by atoms with Crippen molar-refractivity contribution in [2.45, 2.75) is 58.3 Å². The second-order valence-corrected chi connectivity index (χ2v) is 6.15. The zero-order valence-electron chi connectivity index (χ0n) is 14.0. The zero-order chi connectivity index (χ0) is 16.0. The summed E-state index contributed by atoms with van der Waals surface area (Å²) in [6.45, 7) is 5.44. The van der Waals surface area contributed by atoms with Crippen LogP contribution in [0.4, 0.5) is 0 Å². The molecule has 0 bridgehead atoms. The van der Waals surface area contributed by atoms with E-state index in [9.17, 15) is 4.79 Å². The van der Waals surface area contributed by atoms with Crippen molar-refractivity contribution in [3.8, 4) is 0 Å². The van der Waals surface area contributed by atoms with E-state index in [0.717, 1.165) is 58.5 Å². The summed E-state index contributed by atoms with van der Waals surface area (Å²) in [5.74, 6) is 0.468. The monoisotopic (exact) mass is 312 g/mol. The fourth-order valence-electron chi connectivity index (χ4n) is 2.85. The molecule has 0 aromatic rings. The summed E-state index contributed by atoms with van der Waals surface area (Å²) in [6, 6.07) is 0. The van der Waals surface area contributed by atoms with Gasteiger partial charge in [0.1, 0.15) is 0 Å². The lowest BCUT2D eigenvalue weighted by molar-refractivity contribution is -0.137. The van der Waals surface area contributed by atoms with Crippen LogP contribution in [0.1, 0.15) is 58.3 Å². The molecule has 4 heteroatoms. The Bertz CT molecular complexity index is 314. The predicted molar refractivity (Wildman–Crippen MR) is 88.0 cm³/mol. The fraction of sp³-hybridized carbons (Fsp3) is 0.833. The number of hydrogen-bond acceptors (Lipinski definition) is 3. The molecule has 4 nitrogen and oxygen atoms in total. The number of rotatable bonds is 13. The molecule has 22 heavy (non-hydrogen) atoms. The van der Waals surface area contributed by atoms with Crippen LogP contribution in [-0.2, 0) is 14.3 Å². The molecule has 0 aliphatic carbocycles. The van der Waals surface area contributed by atoms with Gasteiger partial charge in [-0.25, -0.2) is 0 Å². The highest BCUT2D eigenvalue weighted by atomic mass is 16.5. The van der Waals surface area contributed by atoms with Crippen molar-refractivity contribution >= 4 is 5.97 Å². The lowest BCUT2D eigenvalue weighted by Crippen LogP contribution is -2.18. The fourth-order valence-corrected chi connectivity index (χ4v) is 2.85. The van der Waals surface area contributed by atoms with E-state index in [4.69, 9.17) is 14.6 Å². The maximum atomic E-state index is 10.4. The number of unbranched alkanes of at least 4 members (excludes halogenated alkanes) is 3. The van der Waals surface area contributed by atoms with E-state index >= 15 is 0 Å². The summed E-state index contributed by atoms with van der Waals surface area (Å²) in [5, 5.41) is 8.59. The quantitative estimate of drug-likeness (QED) is 0.412. The number of aliphatic carboxylic acids is 1. The van der Waals surface area contributed by atoms with Crippen LogP contribution < -0.4 is 0 Å². The molecule has 1 rings (SSSR count). The molecule has 0 spiro atoms. The molecule has 0 aromatic heterocycles. The van der Waals surface area contributed by atoms with Crippen LogP contribution in [0, 0.1) is 11.8 Å². The highest BCUT2D eigenvalue weighted by Crippen LogP contribution is 2.26. The van der Waals surface area contributed by atoms with Gasteiger partial charge in [-0.05, 0) is 31.6 Å². The highest BCUT2D eigenvalue weighted by molar-refractivity contribution is 5.66. The van der Waals surface area contributed by atoms with Gasteiger partial charge in [-0.3, -0.25) is 4.79 Å². The van der Waals surface area contributed by atoms with Gasteiger partial charge in [0.2, 0.25) is 0 Å². The van der Waals surface area contributed by atoms with Gasteiger partial charge in [-0.1, -0.05) is 38.3 Å². The van der Waals surface area contributed by atoms with Crippen LogP contribution in [0.15, 0.2) is 12.2 Å². The number of allylic oxidation sites excluding steroid dienone is 1. The molecule has 0 saturated carbocycles. The van der Waals surface area contributed by atoms with Crippen LogP contribution in [-0.4, -0.2) is 37.5 Å². The molecule has 1 fully saturated rings. The Morgan fingerprint density at radius 3 is 2.73 bits per heavy atom. The SMILES string of the molecule is CCC=CCCOCC1COCC1CCCCCCC(=O)O. The van der Waals surface area contributed by atoms with E-state index in [2.05, 4.69) is 19.1 Å². The van der Waals surface area contributed by atoms with Gasteiger partial charge in [0.05, 0.1) is 19.8 Å². The number of carbonyl (C=O) groups is 1. The van der Waals surface area contributed by atoms with Gasteiger partial charge in [-0.2, -0.15) is 0 Å². The second-order valence-electron chi connectivity index (χ2n) is 6.15. The molecule has 0 amide bonds. The molecule has 1 N–H and O–H groups in total. The summed E-state index contributed by atoms with van der Waals surface area (Å²) in [7, 11) is 0. The minimum absolute atomic E-state index is 0.301. The minimum Gasteiger partial charge on any atom is -0.481 e. The minimum atomic E-state index is -0.685. The van der Waals surface area contributed by atoms with Gasteiger partial charge >= 0.3 is 5.97 Å². The van der Waals surface area contributed by atoms with Crippen LogP contribution in [0.25, 0.3) is 0 Å². The average Bonchev–Trinajstić information content (AvgIpc) is 2.93. The summed E-state index contributed by atoms with van der Waals surface area (Å²) in [5.41, 5.74) is 0. The first-order chi connectivity index (χ1) is 10.7. The van der Waals surface area contributed by atoms with Crippen LogP contribution in [0.2, 0.25) is 0 Å². The van der Waals surface area contributed by atoms with Gasteiger partial charge in [0, 0.05) is 18.9 Å². The van der Waals surface area contributed by atoms with Crippen LogP contribution in [0.3, 0.4) is 0 Å². The summed E-state index contributed by atoms with van der Waals surface area (Å²) in [6.07, 6.45) is 12.0. The first-order valence-electron chi connectivity index (χ1n) is 8.76. The van der Waals surface area contributed by atoms with Crippen molar-refractivity contribution in [3.63, 3.8) is 0 Å². The van der Waals surface area contributed by atoms with E-state index in [1.54, 1.807) is 0 Å². The first-order valence-corrected chi connectivity index (χ1v) is 8.76. The van der Waals surface area contributed by atoms with Crippen molar-refractivity contribution in [2.75, 3.05) is 26.4 Å². The number of ether oxygens (including phenoxy) is 2. The molecule has 1 heterocycles. The third-order valence-electron chi connectivity index (χ3n) is 4.21. The largest absolute Gasteiger partial charge is 0.481 e. The second kappa shape index (κ2) is 12.7. The highest BCUT2D eigenvalue weighted by Gasteiger charge is 2.27. The molecule has 0 aromatic carbocycles. The van der Waals surface area contributed by atoms with Crippen molar-refractivity contribution in [3.05, 3.63) is 12.2 Å². The van der Waals surface area contributed by atoms with Gasteiger partial charge in [0.25, 0.3) is 0 Å². The average molecular weight is 312 g/mol. The van der Waals surface area contributed by atoms with Crippen molar-refractivity contribution < 1.29 is 19.4 Å². The Kier molecular flexibility index (Phi) is 11.0. The Balaban J connectivity index is 2.02. The summed E-state index contributed by atoms with van der Waals surface area (Å²) >= 11 is 0. The zero-order valence-corrected chi connectivity index (χ0v) is 14.0. The molecule has 2 unspecified atom stereocenters. The van der Waals surface area contributed by atoms with E-state index in [0.29, 0.717) is 18.3 Å². The van der Waals surface area contributed by atoms with E-state index in [-0.39, 0.29) is 0 Å². The van der Waals surface area contributed by atoms with Crippen LogP contribution in [0.5, 0.6) is 0 Å². The maximum absolute atomic E-state index is 10.4. The topological polar surface area (TPSA) is 55.8 Å². The van der Waals surface area contributed by atoms with Crippen molar-refractivity contribution in [1.82, 2.24) is 0 Å². The van der Waals surface area contributed by atoms with E-state index in [1.165, 1.54) is 12.8 Å². The van der Waals surface area contributed by atoms with Crippen molar-refractivity contribution in [1.29, 1.82) is 0 Å². The Morgan fingerprint density at radius 1 is 1.18 bits per heavy atom. The van der Waals surface area contributed by atoms with Gasteiger partial charge in [-0.15, -0.1) is 0 Å². The molecule has 1 aliphatic heterocycles. The summed E-state index contributed by atoms with van der Waals surface area (Å²) in [4.78, 5) is 10.4. The molecule has 1 aliphatic rings. The number of hydrogen-bond donors (Lipinski definition) is 1. The first kappa shape index (κ1) is 19.2. The van der Waals surface area contributed by atoms with E-state index in [1.807, 2.05) is 0 Å². The summed E-state index contributed by atoms with van der Waals surface area (Å²) < 4.78 is 11.4. The smallest absolute Gasteiger partial charge is 0.303 e. The normalized spacial score (nSPS) is 21.7. The molecule has 128 valence electrons. The third kappa shape index (κ3) is 9.21. The molecule has 2 atom stereocenters. The van der Waals surface area contributed by atoms with Gasteiger partial charge < -0.3 is 14.6 Å². The maximum Gasteiger partial charge on any atom is 0.303 e. The number of carboxylic acid groups (broad SMARTS) is 1. The van der Waals surface area contributed by atoms with Crippen LogP contribution >= 0.6 is 0 Å². The lowest BCUT2D eigenvalue weighted by atomic mass is 9.91.